The van der Waals surface area contributed by atoms with Crippen LogP contribution in [0.4, 0.5) is 0 Å². The van der Waals surface area contributed by atoms with Crippen LogP contribution in [-0.2, 0) is 0 Å². The summed E-state index contributed by atoms with van der Waals surface area (Å²) in [5.41, 5.74) is 8.05. The number of hydrogen-bond donors (Lipinski definition) is 2. The van der Waals surface area contributed by atoms with Crippen molar-refractivity contribution in [3.63, 3.8) is 0 Å². The van der Waals surface area contributed by atoms with E-state index in [1.54, 1.807) is 0 Å². The van der Waals surface area contributed by atoms with Crippen molar-refractivity contribution in [2.75, 3.05) is 6.61 Å². The van der Waals surface area contributed by atoms with Gasteiger partial charge in [-0.2, -0.15) is 0 Å². The first kappa shape index (κ1) is 17.3. The summed E-state index contributed by atoms with van der Waals surface area (Å²) in [4.78, 5) is 4.36. The minimum absolute atomic E-state index is 0.0398. The summed E-state index contributed by atoms with van der Waals surface area (Å²) in [7, 11) is 0. The van der Waals surface area contributed by atoms with Crippen LogP contribution in [-0.4, -0.2) is 22.6 Å². The second-order valence-corrected chi connectivity index (χ2v) is 5.36. The Bertz CT molecular complexity index is 473. The zero-order chi connectivity index (χ0) is 15.7. The minimum atomic E-state index is 0.0398. The second-order valence-electron chi connectivity index (χ2n) is 5.36. The van der Waals surface area contributed by atoms with E-state index in [4.69, 9.17) is 15.7 Å². The molecule has 118 valence electrons. The van der Waals surface area contributed by atoms with Crippen molar-refractivity contribution < 1.29 is 9.94 Å². The second kappa shape index (κ2) is 9.21. The Labute approximate surface area is 127 Å². The Morgan fingerprint density at radius 1 is 1.24 bits per heavy atom. The number of hydrogen-bond acceptors (Lipinski definition) is 4. The van der Waals surface area contributed by atoms with E-state index in [1.165, 1.54) is 25.7 Å². The van der Waals surface area contributed by atoms with Gasteiger partial charge in [-0.05, 0) is 31.9 Å². The van der Waals surface area contributed by atoms with Gasteiger partial charge >= 0.3 is 0 Å². The lowest BCUT2D eigenvalue weighted by atomic mass is 10.1. The molecule has 0 aliphatic carbocycles. The summed E-state index contributed by atoms with van der Waals surface area (Å²) >= 11 is 0. The largest absolute Gasteiger partial charge is 0.477 e. The third-order valence-electron chi connectivity index (χ3n) is 3.41. The van der Waals surface area contributed by atoms with Crippen molar-refractivity contribution in [1.82, 2.24) is 4.98 Å². The highest BCUT2D eigenvalue weighted by Crippen LogP contribution is 2.21. The van der Waals surface area contributed by atoms with Crippen molar-refractivity contribution >= 4 is 5.84 Å². The number of rotatable bonds is 9. The fourth-order valence-electron chi connectivity index (χ4n) is 2.32. The topological polar surface area (TPSA) is 80.7 Å². The first-order chi connectivity index (χ1) is 10.1. The average molecular weight is 293 g/mol. The van der Waals surface area contributed by atoms with Crippen molar-refractivity contribution in [2.24, 2.45) is 10.9 Å². The van der Waals surface area contributed by atoms with Crippen LogP contribution in [0.25, 0.3) is 0 Å². The molecule has 0 bridgehead atoms. The van der Waals surface area contributed by atoms with Crippen LogP contribution in [0, 0.1) is 13.8 Å². The Hall–Kier alpha value is -1.78. The maximum absolute atomic E-state index is 8.88. The predicted molar refractivity (Wildman–Crippen MR) is 85.1 cm³/mol. The third-order valence-corrected chi connectivity index (χ3v) is 3.41. The number of nitrogens with two attached hydrogens (primary N) is 1. The normalized spacial score (nSPS) is 11.7. The van der Waals surface area contributed by atoms with Crippen LogP contribution in [0.1, 0.15) is 62.3 Å². The summed E-state index contributed by atoms with van der Waals surface area (Å²) in [6.45, 7) is 6.62. The summed E-state index contributed by atoms with van der Waals surface area (Å²) in [5, 5.41) is 11.9. The molecule has 0 amide bonds. The Morgan fingerprint density at radius 2 is 1.90 bits per heavy atom. The van der Waals surface area contributed by atoms with Crippen LogP contribution in [0.2, 0.25) is 0 Å². The van der Waals surface area contributed by atoms with E-state index in [1.807, 2.05) is 19.9 Å². The van der Waals surface area contributed by atoms with Crippen LogP contribution >= 0.6 is 0 Å². The SMILES string of the molecule is CCCCCCCCOc1nc(C)cc(C)c1C(N)=NO. The smallest absolute Gasteiger partial charge is 0.225 e. The molecule has 0 aliphatic heterocycles. The highest BCUT2D eigenvalue weighted by atomic mass is 16.5. The van der Waals surface area contributed by atoms with E-state index in [2.05, 4.69) is 17.1 Å². The maximum atomic E-state index is 8.88. The zero-order valence-corrected chi connectivity index (χ0v) is 13.4. The van der Waals surface area contributed by atoms with Crippen molar-refractivity contribution in [2.45, 2.75) is 59.3 Å². The molecule has 1 heterocycles. The van der Waals surface area contributed by atoms with Gasteiger partial charge in [-0.1, -0.05) is 44.2 Å². The van der Waals surface area contributed by atoms with Crippen LogP contribution < -0.4 is 10.5 Å². The van der Waals surface area contributed by atoms with E-state index in [0.29, 0.717) is 18.1 Å². The molecule has 1 rings (SSSR count). The van der Waals surface area contributed by atoms with Crippen molar-refractivity contribution in [3.05, 3.63) is 22.9 Å². The molecule has 5 nitrogen and oxygen atoms in total. The van der Waals surface area contributed by atoms with Gasteiger partial charge in [0.05, 0.1) is 12.2 Å². The van der Waals surface area contributed by atoms with Gasteiger partial charge in [-0.3, -0.25) is 0 Å². The molecular weight excluding hydrogens is 266 g/mol. The highest BCUT2D eigenvalue weighted by molar-refractivity contribution is 6.00. The Balaban J connectivity index is 2.58. The molecule has 0 atom stereocenters. The first-order valence-electron chi connectivity index (χ1n) is 7.69. The number of aryl methyl sites for hydroxylation is 2. The Kier molecular flexibility index (Phi) is 7.58. The van der Waals surface area contributed by atoms with E-state index >= 15 is 0 Å². The van der Waals surface area contributed by atoms with E-state index in [0.717, 1.165) is 24.1 Å². The van der Waals surface area contributed by atoms with Gasteiger partial charge in [0.25, 0.3) is 0 Å². The Morgan fingerprint density at radius 3 is 2.57 bits per heavy atom. The summed E-state index contributed by atoms with van der Waals surface area (Å²) in [6, 6.07) is 1.89. The van der Waals surface area contributed by atoms with Crippen LogP contribution in [0.3, 0.4) is 0 Å². The lowest BCUT2D eigenvalue weighted by Gasteiger charge is -2.13. The molecule has 21 heavy (non-hydrogen) atoms. The molecule has 0 unspecified atom stereocenters. The van der Waals surface area contributed by atoms with E-state index in [-0.39, 0.29) is 5.84 Å². The molecule has 0 radical (unpaired) electrons. The number of oxime groups is 1. The molecule has 0 spiro atoms. The van der Waals surface area contributed by atoms with E-state index < -0.39 is 0 Å². The lowest BCUT2D eigenvalue weighted by molar-refractivity contribution is 0.290. The number of amidine groups is 1. The maximum Gasteiger partial charge on any atom is 0.225 e. The molecule has 0 saturated heterocycles. The number of aromatic nitrogens is 1. The monoisotopic (exact) mass is 293 g/mol. The minimum Gasteiger partial charge on any atom is -0.477 e. The van der Waals surface area contributed by atoms with Gasteiger partial charge < -0.3 is 15.7 Å². The van der Waals surface area contributed by atoms with E-state index in [9.17, 15) is 0 Å². The standard InChI is InChI=1S/C16H27N3O2/c1-4-5-6-7-8-9-10-21-16-14(15(17)19-20)12(2)11-13(3)18-16/h11,20H,4-10H2,1-3H3,(H2,17,19). The van der Waals surface area contributed by atoms with Gasteiger partial charge in [0, 0.05) is 5.69 Å². The van der Waals surface area contributed by atoms with Crippen molar-refractivity contribution in [3.8, 4) is 5.88 Å². The summed E-state index contributed by atoms with van der Waals surface area (Å²) in [6.07, 6.45) is 7.23. The molecule has 3 N–H and O–H groups in total. The lowest BCUT2D eigenvalue weighted by Crippen LogP contribution is -2.18. The number of ether oxygens (including phenoxy) is 1. The number of unbranched alkanes of at least 4 members (excludes halogenated alkanes) is 5. The fourth-order valence-corrected chi connectivity index (χ4v) is 2.32. The molecule has 1 aromatic rings. The average Bonchev–Trinajstić information content (AvgIpc) is 2.45. The van der Waals surface area contributed by atoms with Gasteiger partial charge in [0.2, 0.25) is 5.88 Å². The zero-order valence-electron chi connectivity index (χ0n) is 13.4. The quantitative estimate of drug-likeness (QED) is 0.240. The summed E-state index contributed by atoms with van der Waals surface area (Å²) < 4.78 is 5.75. The van der Waals surface area contributed by atoms with Crippen LogP contribution in [0.5, 0.6) is 5.88 Å². The molecule has 1 aromatic heterocycles. The molecular formula is C16H27N3O2. The molecule has 0 aliphatic rings. The molecule has 0 aromatic carbocycles. The first-order valence-corrected chi connectivity index (χ1v) is 7.69. The van der Waals surface area contributed by atoms with Gasteiger partial charge in [0.1, 0.15) is 0 Å². The number of nitrogens with zero attached hydrogens (tertiary/aromatic N) is 2. The van der Waals surface area contributed by atoms with Crippen molar-refractivity contribution in [1.29, 1.82) is 0 Å². The van der Waals surface area contributed by atoms with Gasteiger partial charge in [0.15, 0.2) is 5.84 Å². The molecule has 0 saturated carbocycles. The summed E-state index contributed by atoms with van der Waals surface area (Å²) in [5.74, 6) is 0.495. The van der Waals surface area contributed by atoms with Crippen LogP contribution in [0.15, 0.2) is 11.2 Å². The van der Waals surface area contributed by atoms with Gasteiger partial charge in [-0.15, -0.1) is 0 Å². The predicted octanol–water partition coefficient (Wildman–Crippen LogP) is 3.53. The third kappa shape index (κ3) is 5.61. The fraction of sp³-hybridized carbons (Fsp3) is 0.625. The van der Waals surface area contributed by atoms with Gasteiger partial charge in [-0.25, -0.2) is 4.98 Å². The molecule has 5 heteroatoms. The molecule has 0 fully saturated rings. The highest BCUT2D eigenvalue weighted by Gasteiger charge is 2.14. The number of pyridine rings is 1.